The Balaban J connectivity index is 2.25. The third-order valence-electron chi connectivity index (χ3n) is 2.41. The molecule has 2 N–H and O–H groups in total. The zero-order valence-electron chi connectivity index (χ0n) is 8.33. The summed E-state index contributed by atoms with van der Waals surface area (Å²) in [6.45, 7) is 2.84. The highest BCUT2D eigenvalue weighted by atomic mass is 16.5. The van der Waals surface area contributed by atoms with Gasteiger partial charge in [-0.3, -0.25) is 4.98 Å². The summed E-state index contributed by atoms with van der Waals surface area (Å²) in [6.07, 6.45) is 1.55. The fourth-order valence-corrected chi connectivity index (χ4v) is 1.68. The first kappa shape index (κ1) is 10.4. The average molecular weight is 208 g/mol. The highest BCUT2D eigenvalue weighted by Crippen LogP contribution is 2.11. The summed E-state index contributed by atoms with van der Waals surface area (Å²) in [5.41, 5.74) is 1.08. The van der Waals surface area contributed by atoms with Crippen LogP contribution in [0.3, 0.4) is 0 Å². The van der Waals surface area contributed by atoms with E-state index in [9.17, 15) is 10.0 Å². The number of hydrogen-bond acceptors (Lipinski definition) is 5. The molecule has 1 aliphatic rings. The molecule has 0 unspecified atom stereocenters. The van der Waals surface area contributed by atoms with Gasteiger partial charge in [-0.1, -0.05) is 0 Å². The predicted molar refractivity (Wildman–Crippen MR) is 57.1 cm³/mol. The molecular formula is C9H13BN2O3. The van der Waals surface area contributed by atoms with Gasteiger partial charge in [0, 0.05) is 19.3 Å². The van der Waals surface area contributed by atoms with Crippen LogP contribution in [0.4, 0.5) is 5.69 Å². The highest BCUT2D eigenvalue weighted by Gasteiger charge is 2.22. The molecule has 0 bridgehead atoms. The molecular weight excluding hydrogens is 195 g/mol. The maximum atomic E-state index is 9.17. The molecule has 0 radical (unpaired) electrons. The molecule has 1 saturated heterocycles. The molecule has 0 amide bonds. The van der Waals surface area contributed by atoms with Gasteiger partial charge in [0.25, 0.3) is 0 Å². The molecule has 0 aromatic carbocycles. The van der Waals surface area contributed by atoms with Crippen molar-refractivity contribution in [3.63, 3.8) is 0 Å². The molecule has 2 rings (SSSR count). The molecule has 2 heterocycles. The Labute approximate surface area is 88.5 Å². The summed E-state index contributed by atoms with van der Waals surface area (Å²) in [5.74, 6) is 0. The number of rotatable bonds is 2. The van der Waals surface area contributed by atoms with Crippen LogP contribution in [0.15, 0.2) is 18.3 Å². The standard InChI is InChI=1S/C9H13BN2O3/c13-10(14)9-8(2-1-3-11-9)12-4-6-15-7-5-12/h1-3,13-14H,4-7H2. The Bertz CT molecular complexity index is 329. The lowest BCUT2D eigenvalue weighted by Crippen LogP contribution is -2.43. The van der Waals surface area contributed by atoms with Crippen LogP contribution in [0, 0.1) is 0 Å². The lowest BCUT2D eigenvalue weighted by atomic mass is 9.84. The van der Waals surface area contributed by atoms with Crippen molar-refractivity contribution in [2.24, 2.45) is 0 Å². The number of nitrogens with zero attached hydrogens (tertiary/aromatic N) is 2. The highest BCUT2D eigenvalue weighted by molar-refractivity contribution is 6.59. The summed E-state index contributed by atoms with van der Waals surface area (Å²) >= 11 is 0. The fourth-order valence-electron chi connectivity index (χ4n) is 1.68. The second-order valence-electron chi connectivity index (χ2n) is 3.38. The topological polar surface area (TPSA) is 65.8 Å². The predicted octanol–water partition coefficient (Wildman–Crippen LogP) is -1.40. The second-order valence-corrected chi connectivity index (χ2v) is 3.38. The maximum Gasteiger partial charge on any atom is 0.510 e. The van der Waals surface area contributed by atoms with Gasteiger partial charge in [-0.15, -0.1) is 0 Å². The summed E-state index contributed by atoms with van der Waals surface area (Å²) in [7, 11) is -1.52. The molecule has 80 valence electrons. The average Bonchev–Trinajstić information content (AvgIpc) is 2.30. The largest absolute Gasteiger partial charge is 0.510 e. The minimum Gasteiger partial charge on any atom is -0.422 e. The van der Waals surface area contributed by atoms with E-state index in [2.05, 4.69) is 4.98 Å². The number of morpholine rings is 1. The van der Waals surface area contributed by atoms with Crippen molar-refractivity contribution < 1.29 is 14.8 Å². The molecule has 1 aromatic heterocycles. The second kappa shape index (κ2) is 4.61. The smallest absolute Gasteiger partial charge is 0.422 e. The van der Waals surface area contributed by atoms with Gasteiger partial charge in [-0.2, -0.15) is 0 Å². The molecule has 0 saturated carbocycles. The minimum absolute atomic E-state index is 0.305. The van der Waals surface area contributed by atoms with Crippen molar-refractivity contribution >= 4 is 18.4 Å². The molecule has 5 nitrogen and oxygen atoms in total. The summed E-state index contributed by atoms with van der Waals surface area (Å²) in [4.78, 5) is 6.02. The quantitative estimate of drug-likeness (QED) is 0.585. The van der Waals surface area contributed by atoms with Gasteiger partial charge in [0.2, 0.25) is 0 Å². The van der Waals surface area contributed by atoms with Crippen molar-refractivity contribution in [2.75, 3.05) is 31.2 Å². The van der Waals surface area contributed by atoms with E-state index in [1.54, 1.807) is 12.3 Å². The maximum absolute atomic E-state index is 9.17. The molecule has 15 heavy (non-hydrogen) atoms. The Hall–Kier alpha value is -1.11. The Morgan fingerprint density at radius 3 is 2.73 bits per heavy atom. The van der Waals surface area contributed by atoms with Crippen molar-refractivity contribution in [3.05, 3.63) is 18.3 Å². The first-order valence-corrected chi connectivity index (χ1v) is 4.93. The van der Waals surface area contributed by atoms with E-state index in [-0.39, 0.29) is 0 Å². The number of hydrogen-bond donors (Lipinski definition) is 2. The molecule has 6 heteroatoms. The zero-order valence-corrected chi connectivity index (χ0v) is 8.33. The Kier molecular flexibility index (Phi) is 3.20. The van der Waals surface area contributed by atoms with Gasteiger partial charge in [0.1, 0.15) is 0 Å². The van der Waals surface area contributed by atoms with Crippen molar-refractivity contribution in [1.82, 2.24) is 4.98 Å². The van der Waals surface area contributed by atoms with Gasteiger partial charge >= 0.3 is 7.12 Å². The number of anilines is 1. The molecule has 1 fully saturated rings. The lowest BCUT2D eigenvalue weighted by molar-refractivity contribution is 0.122. The van der Waals surface area contributed by atoms with Crippen LogP contribution in [0.1, 0.15) is 0 Å². The molecule has 0 aliphatic carbocycles. The third-order valence-corrected chi connectivity index (χ3v) is 2.41. The van der Waals surface area contributed by atoms with Gasteiger partial charge < -0.3 is 19.7 Å². The van der Waals surface area contributed by atoms with E-state index in [0.29, 0.717) is 18.8 Å². The first-order chi connectivity index (χ1) is 7.29. The fraction of sp³-hybridized carbons (Fsp3) is 0.444. The molecule has 1 aromatic rings. The van der Waals surface area contributed by atoms with Gasteiger partial charge in [0.15, 0.2) is 0 Å². The van der Waals surface area contributed by atoms with E-state index < -0.39 is 7.12 Å². The van der Waals surface area contributed by atoms with Gasteiger partial charge in [0.05, 0.1) is 24.5 Å². The lowest BCUT2D eigenvalue weighted by Gasteiger charge is -2.30. The van der Waals surface area contributed by atoms with E-state index in [4.69, 9.17) is 4.74 Å². The summed E-state index contributed by atoms with van der Waals surface area (Å²) in [5, 5.41) is 18.3. The molecule has 1 aliphatic heterocycles. The van der Waals surface area contributed by atoms with Crippen LogP contribution in [-0.4, -0.2) is 48.5 Å². The van der Waals surface area contributed by atoms with Crippen LogP contribution in [0.5, 0.6) is 0 Å². The Morgan fingerprint density at radius 1 is 1.33 bits per heavy atom. The van der Waals surface area contributed by atoms with E-state index in [0.717, 1.165) is 18.8 Å². The summed E-state index contributed by atoms with van der Waals surface area (Å²) in [6, 6.07) is 3.63. The van der Waals surface area contributed by atoms with Crippen LogP contribution < -0.4 is 10.5 Å². The number of aromatic nitrogens is 1. The normalized spacial score (nSPS) is 16.5. The third kappa shape index (κ3) is 2.28. The monoisotopic (exact) mass is 208 g/mol. The van der Waals surface area contributed by atoms with Gasteiger partial charge in [-0.25, -0.2) is 0 Å². The zero-order chi connectivity index (χ0) is 10.7. The van der Waals surface area contributed by atoms with Crippen LogP contribution in [0.2, 0.25) is 0 Å². The van der Waals surface area contributed by atoms with E-state index in [1.165, 1.54) is 0 Å². The molecule has 0 spiro atoms. The van der Waals surface area contributed by atoms with Crippen LogP contribution in [-0.2, 0) is 4.74 Å². The van der Waals surface area contributed by atoms with Gasteiger partial charge in [-0.05, 0) is 12.1 Å². The Morgan fingerprint density at radius 2 is 2.07 bits per heavy atom. The van der Waals surface area contributed by atoms with E-state index in [1.807, 2.05) is 11.0 Å². The SMILES string of the molecule is OB(O)c1ncccc1N1CCOCC1. The molecule has 0 atom stereocenters. The first-order valence-electron chi connectivity index (χ1n) is 4.93. The van der Waals surface area contributed by atoms with Crippen molar-refractivity contribution in [2.45, 2.75) is 0 Å². The van der Waals surface area contributed by atoms with E-state index >= 15 is 0 Å². The minimum atomic E-state index is -1.52. The number of pyridine rings is 1. The van der Waals surface area contributed by atoms with Crippen molar-refractivity contribution in [1.29, 1.82) is 0 Å². The van der Waals surface area contributed by atoms with Crippen LogP contribution in [0.25, 0.3) is 0 Å². The van der Waals surface area contributed by atoms with Crippen LogP contribution >= 0.6 is 0 Å². The number of ether oxygens (including phenoxy) is 1. The van der Waals surface area contributed by atoms with Crippen molar-refractivity contribution in [3.8, 4) is 0 Å². The summed E-state index contributed by atoms with van der Waals surface area (Å²) < 4.78 is 5.23.